The van der Waals surface area contributed by atoms with Gasteiger partial charge in [0.05, 0.1) is 0 Å². The van der Waals surface area contributed by atoms with Crippen molar-refractivity contribution >= 4 is 11.5 Å². The van der Waals surface area contributed by atoms with Gasteiger partial charge in [-0.15, -0.1) is 5.10 Å². The summed E-state index contributed by atoms with van der Waals surface area (Å²) in [4.78, 5) is 0. The van der Waals surface area contributed by atoms with E-state index in [9.17, 15) is 5.11 Å². The van der Waals surface area contributed by atoms with E-state index in [0.29, 0.717) is 12.6 Å². The van der Waals surface area contributed by atoms with Crippen molar-refractivity contribution in [3.8, 4) is 17.0 Å². The van der Waals surface area contributed by atoms with Gasteiger partial charge in [0.25, 0.3) is 0 Å². The number of nitrogens with zero attached hydrogens (tertiary/aromatic N) is 2. The smallest absolute Gasteiger partial charge is 0.119 e. The summed E-state index contributed by atoms with van der Waals surface area (Å²) in [6.45, 7) is 0.778. The number of rotatable bonds is 7. The molecule has 5 nitrogen and oxygen atoms in total. The highest BCUT2D eigenvalue weighted by atomic mass is 32.1. The molecule has 2 atom stereocenters. The van der Waals surface area contributed by atoms with Crippen molar-refractivity contribution in [2.24, 2.45) is 0 Å². The number of aryl methyl sites for hydroxylation is 1. The van der Waals surface area contributed by atoms with Crippen LogP contribution in [-0.2, 0) is 6.42 Å². The Bertz CT molecular complexity index is 837. The Hall–Kier alpha value is -2.28. The van der Waals surface area contributed by atoms with E-state index < -0.39 is 6.10 Å². The Morgan fingerprint density at radius 3 is 2.85 bits per heavy atom. The van der Waals surface area contributed by atoms with Gasteiger partial charge in [-0.1, -0.05) is 28.8 Å². The summed E-state index contributed by atoms with van der Waals surface area (Å²) in [5.74, 6) is 0.738. The van der Waals surface area contributed by atoms with Crippen LogP contribution in [0, 0.1) is 0 Å². The van der Waals surface area contributed by atoms with Crippen LogP contribution in [0.2, 0.25) is 0 Å². The molecule has 3 aromatic rings. The number of ether oxygens (including phenoxy) is 1. The first kappa shape index (κ1) is 17.1. The van der Waals surface area contributed by atoms with Crippen LogP contribution < -0.4 is 10.1 Å². The van der Waals surface area contributed by atoms with Gasteiger partial charge in [0.2, 0.25) is 0 Å². The van der Waals surface area contributed by atoms with E-state index in [0.717, 1.165) is 29.8 Å². The molecule has 0 amide bonds. The Morgan fingerprint density at radius 1 is 1.19 bits per heavy atom. The normalized spacial score (nSPS) is 17.0. The van der Waals surface area contributed by atoms with Gasteiger partial charge in [0.15, 0.2) is 0 Å². The van der Waals surface area contributed by atoms with Crippen LogP contribution in [0.15, 0.2) is 53.9 Å². The van der Waals surface area contributed by atoms with Crippen LogP contribution in [0.3, 0.4) is 0 Å². The fourth-order valence-electron chi connectivity index (χ4n) is 3.31. The predicted molar refractivity (Wildman–Crippen MR) is 102 cm³/mol. The Kier molecular flexibility index (Phi) is 5.24. The number of hydrogen-bond acceptors (Lipinski definition) is 6. The van der Waals surface area contributed by atoms with Crippen molar-refractivity contribution in [2.45, 2.75) is 25.0 Å². The average molecular weight is 367 g/mol. The zero-order valence-electron chi connectivity index (χ0n) is 14.3. The van der Waals surface area contributed by atoms with E-state index in [1.165, 1.54) is 22.7 Å². The number of hydrogen-bond donors (Lipinski definition) is 2. The molecule has 1 aliphatic carbocycles. The fourth-order valence-corrected chi connectivity index (χ4v) is 3.78. The lowest BCUT2D eigenvalue weighted by Crippen LogP contribution is -2.33. The number of fused-ring (bicyclic) bond motifs is 1. The lowest BCUT2D eigenvalue weighted by Gasteiger charge is -2.18. The van der Waals surface area contributed by atoms with Gasteiger partial charge < -0.3 is 15.2 Å². The van der Waals surface area contributed by atoms with Crippen molar-refractivity contribution in [1.82, 2.24) is 14.9 Å². The van der Waals surface area contributed by atoms with Gasteiger partial charge in [-0.25, -0.2) is 0 Å². The maximum absolute atomic E-state index is 10.2. The Balaban J connectivity index is 1.25. The Morgan fingerprint density at radius 2 is 2.04 bits per heavy atom. The van der Waals surface area contributed by atoms with Gasteiger partial charge in [-0.05, 0) is 59.8 Å². The molecular weight excluding hydrogens is 346 g/mol. The minimum atomic E-state index is -0.551. The van der Waals surface area contributed by atoms with Crippen molar-refractivity contribution in [2.75, 3.05) is 13.2 Å². The quantitative estimate of drug-likeness (QED) is 0.671. The van der Waals surface area contributed by atoms with Crippen molar-refractivity contribution < 1.29 is 9.84 Å². The maximum Gasteiger partial charge on any atom is 0.119 e. The molecule has 1 heterocycles. The number of aliphatic hydroxyl groups excluding tert-OH is 1. The number of aliphatic hydroxyl groups is 1. The largest absolute Gasteiger partial charge is 0.491 e. The molecule has 0 saturated heterocycles. The second kappa shape index (κ2) is 7.95. The fraction of sp³-hybridized carbons (Fsp3) is 0.300. The summed E-state index contributed by atoms with van der Waals surface area (Å²) in [5, 5.41) is 19.6. The lowest BCUT2D eigenvalue weighted by atomic mass is 10.1. The minimum Gasteiger partial charge on any atom is -0.491 e. The third-order valence-corrected chi connectivity index (χ3v) is 5.19. The molecule has 2 N–H and O–H groups in total. The van der Waals surface area contributed by atoms with Gasteiger partial charge >= 0.3 is 0 Å². The third kappa shape index (κ3) is 3.93. The van der Waals surface area contributed by atoms with Crippen LogP contribution in [-0.4, -0.2) is 33.9 Å². The molecular formula is C20H21N3O2S. The van der Waals surface area contributed by atoms with Crippen LogP contribution >= 0.6 is 11.5 Å². The molecule has 0 aliphatic heterocycles. The van der Waals surface area contributed by atoms with Crippen molar-refractivity contribution in [3.05, 3.63) is 65.0 Å². The summed E-state index contributed by atoms with van der Waals surface area (Å²) in [6.07, 6.45) is 1.63. The van der Waals surface area contributed by atoms with Crippen LogP contribution in [0.5, 0.6) is 5.75 Å². The summed E-state index contributed by atoms with van der Waals surface area (Å²) in [5.41, 5.74) is 4.63. The topological polar surface area (TPSA) is 67.3 Å². The molecule has 0 bridgehead atoms. The molecule has 0 saturated carbocycles. The van der Waals surface area contributed by atoms with Crippen LogP contribution in [0.25, 0.3) is 11.3 Å². The van der Waals surface area contributed by atoms with Crippen LogP contribution in [0.4, 0.5) is 0 Å². The van der Waals surface area contributed by atoms with Crippen LogP contribution in [0.1, 0.15) is 23.6 Å². The van der Waals surface area contributed by atoms with E-state index >= 15 is 0 Å². The SMILES string of the molecule is O[C@@H](CN[C@@H]1CCc2ccccc21)COc1ccc(-c2csnn2)cc1. The van der Waals surface area contributed by atoms with E-state index in [4.69, 9.17) is 4.74 Å². The van der Waals surface area contributed by atoms with Gasteiger partial charge in [0, 0.05) is 23.5 Å². The molecule has 1 aromatic heterocycles. The monoisotopic (exact) mass is 367 g/mol. The number of aromatic nitrogens is 2. The van der Waals surface area contributed by atoms with E-state index in [-0.39, 0.29) is 6.61 Å². The summed E-state index contributed by atoms with van der Waals surface area (Å²) in [6, 6.07) is 16.5. The summed E-state index contributed by atoms with van der Waals surface area (Å²) in [7, 11) is 0. The summed E-state index contributed by atoms with van der Waals surface area (Å²) < 4.78 is 9.57. The van der Waals surface area contributed by atoms with E-state index in [1.807, 2.05) is 29.6 Å². The molecule has 6 heteroatoms. The highest BCUT2D eigenvalue weighted by molar-refractivity contribution is 7.03. The molecule has 0 unspecified atom stereocenters. The van der Waals surface area contributed by atoms with E-state index in [1.54, 1.807) is 0 Å². The molecule has 134 valence electrons. The number of benzene rings is 2. The molecule has 2 aromatic carbocycles. The van der Waals surface area contributed by atoms with Crippen molar-refractivity contribution in [3.63, 3.8) is 0 Å². The zero-order valence-corrected chi connectivity index (χ0v) is 15.2. The van der Waals surface area contributed by atoms with Gasteiger partial charge in [-0.3, -0.25) is 0 Å². The number of nitrogens with one attached hydrogen (secondary N) is 1. The van der Waals surface area contributed by atoms with Gasteiger partial charge in [0.1, 0.15) is 24.2 Å². The molecule has 4 rings (SSSR count). The predicted octanol–water partition coefficient (Wildman–Crippen LogP) is 3.22. The molecule has 0 spiro atoms. The molecule has 1 aliphatic rings. The zero-order chi connectivity index (χ0) is 17.8. The lowest BCUT2D eigenvalue weighted by molar-refractivity contribution is 0.103. The van der Waals surface area contributed by atoms with Crippen molar-refractivity contribution in [1.29, 1.82) is 0 Å². The second-order valence-electron chi connectivity index (χ2n) is 6.48. The second-order valence-corrected chi connectivity index (χ2v) is 7.09. The standard InChI is InChI=1S/C20H21N3O2S/c24-16(11-21-19-10-7-14-3-1-2-4-18(14)19)12-25-17-8-5-15(6-9-17)20-13-26-23-22-20/h1-6,8-9,13,16,19,21,24H,7,10-12H2/t16-,19+/m0/s1. The van der Waals surface area contributed by atoms with E-state index in [2.05, 4.69) is 39.2 Å². The molecule has 0 radical (unpaired) electrons. The molecule has 0 fully saturated rings. The average Bonchev–Trinajstić information content (AvgIpc) is 3.35. The maximum atomic E-state index is 10.2. The first-order valence-corrected chi connectivity index (χ1v) is 9.63. The summed E-state index contributed by atoms with van der Waals surface area (Å²) >= 11 is 1.33. The third-order valence-electron chi connectivity index (χ3n) is 4.69. The molecule has 26 heavy (non-hydrogen) atoms. The Labute approximate surface area is 156 Å². The first-order valence-electron chi connectivity index (χ1n) is 8.79. The highest BCUT2D eigenvalue weighted by Gasteiger charge is 2.22. The first-order chi connectivity index (χ1) is 12.8. The minimum absolute atomic E-state index is 0.263. The highest BCUT2D eigenvalue weighted by Crippen LogP contribution is 2.30. The van der Waals surface area contributed by atoms with Gasteiger partial charge in [-0.2, -0.15) is 0 Å².